The second kappa shape index (κ2) is 6.36. The van der Waals surface area contributed by atoms with Gasteiger partial charge in [-0.2, -0.15) is 0 Å². The number of carbonyl (C=O) groups excluding carboxylic acids is 2. The standard InChI is InChI=1S/C13H9Cl2NO3S2/c1-6(12(18)19)16-11(17)10(21-13(16)20)5-7-8(14)3-2-4-9(7)15/h2-6H,1H3,(H,18,19)/p-1/b10-5-/t6-/m1/s1. The van der Waals surface area contributed by atoms with Crippen LogP contribution < -0.4 is 5.11 Å². The number of thioether (sulfide) groups is 1. The van der Waals surface area contributed by atoms with E-state index in [1.54, 1.807) is 18.2 Å². The fourth-order valence-electron chi connectivity index (χ4n) is 1.70. The molecule has 0 aliphatic carbocycles. The molecule has 4 nitrogen and oxygen atoms in total. The summed E-state index contributed by atoms with van der Waals surface area (Å²) >= 11 is 18.1. The van der Waals surface area contributed by atoms with E-state index in [0.717, 1.165) is 16.7 Å². The van der Waals surface area contributed by atoms with Gasteiger partial charge in [-0.05, 0) is 25.1 Å². The van der Waals surface area contributed by atoms with Crippen LogP contribution in [-0.2, 0) is 9.59 Å². The van der Waals surface area contributed by atoms with E-state index in [1.807, 2.05) is 0 Å². The monoisotopic (exact) mass is 360 g/mol. The van der Waals surface area contributed by atoms with E-state index in [2.05, 4.69) is 0 Å². The number of thiocarbonyl (C=S) groups is 1. The SMILES string of the molecule is C[C@H](C(=O)[O-])N1C(=O)/C(=C/c2c(Cl)cccc2Cl)SC1=S. The van der Waals surface area contributed by atoms with Crippen LogP contribution >= 0.6 is 47.2 Å². The van der Waals surface area contributed by atoms with Crippen LogP contribution in [0.15, 0.2) is 23.1 Å². The maximum absolute atomic E-state index is 12.3. The lowest BCUT2D eigenvalue weighted by Gasteiger charge is -2.23. The first-order valence-electron chi connectivity index (χ1n) is 5.75. The topological polar surface area (TPSA) is 60.4 Å². The van der Waals surface area contributed by atoms with E-state index in [0.29, 0.717) is 15.6 Å². The Morgan fingerprint density at radius 2 is 2.00 bits per heavy atom. The van der Waals surface area contributed by atoms with Gasteiger partial charge in [0.05, 0.1) is 16.9 Å². The van der Waals surface area contributed by atoms with Crippen molar-refractivity contribution in [3.8, 4) is 0 Å². The van der Waals surface area contributed by atoms with Crippen LogP contribution in [0.4, 0.5) is 0 Å². The van der Waals surface area contributed by atoms with Gasteiger partial charge in [0.25, 0.3) is 5.91 Å². The molecule has 0 spiro atoms. The Labute approximate surface area is 140 Å². The molecule has 1 aromatic rings. The molecular formula is C13H8Cl2NO3S2-. The normalized spacial score (nSPS) is 18.4. The van der Waals surface area contributed by atoms with Crippen molar-refractivity contribution in [2.75, 3.05) is 0 Å². The van der Waals surface area contributed by atoms with Crippen molar-refractivity contribution in [1.82, 2.24) is 4.90 Å². The molecule has 1 heterocycles. The maximum Gasteiger partial charge on any atom is 0.266 e. The van der Waals surface area contributed by atoms with Gasteiger partial charge < -0.3 is 9.90 Å². The van der Waals surface area contributed by atoms with Gasteiger partial charge in [-0.1, -0.05) is 53.2 Å². The van der Waals surface area contributed by atoms with Crippen molar-refractivity contribution < 1.29 is 14.7 Å². The minimum Gasteiger partial charge on any atom is -0.548 e. The van der Waals surface area contributed by atoms with E-state index in [-0.39, 0.29) is 9.23 Å². The molecule has 1 amide bonds. The molecule has 2 rings (SSSR count). The fourth-order valence-corrected chi connectivity index (χ4v) is 3.61. The van der Waals surface area contributed by atoms with Crippen molar-refractivity contribution in [1.29, 1.82) is 0 Å². The van der Waals surface area contributed by atoms with Gasteiger partial charge in [0.2, 0.25) is 0 Å². The van der Waals surface area contributed by atoms with Crippen LogP contribution in [0.1, 0.15) is 12.5 Å². The summed E-state index contributed by atoms with van der Waals surface area (Å²) < 4.78 is 0.158. The van der Waals surface area contributed by atoms with Gasteiger partial charge in [0.15, 0.2) is 0 Å². The van der Waals surface area contributed by atoms with Gasteiger partial charge in [-0.25, -0.2) is 0 Å². The zero-order valence-corrected chi connectivity index (χ0v) is 13.8. The summed E-state index contributed by atoms with van der Waals surface area (Å²) in [4.78, 5) is 24.4. The highest BCUT2D eigenvalue weighted by molar-refractivity contribution is 8.26. The fraction of sp³-hybridized carbons (Fsp3) is 0.154. The molecular weight excluding hydrogens is 353 g/mol. The van der Waals surface area contributed by atoms with E-state index in [4.69, 9.17) is 35.4 Å². The summed E-state index contributed by atoms with van der Waals surface area (Å²) in [6.45, 7) is 1.34. The van der Waals surface area contributed by atoms with Crippen molar-refractivity contribution in [2.24, 2.45) is 0 Å². The van der Waals surface area contributed by atoms with Crippen molar-refractivity contribution in [3.05, 3.63) is 38.7 Å². The van der Waals surface area contributed by atoms with Crippen molar-refractivity contribution in [2.45, 2.75) is 13.0 Å². The van der Waals surface area contributed by atoms with E-state index >= 15 is 0 Å². The average Bonchev–Trinajstić information content (AvgIpc) is 2.68. The molecule has 1 aliphatic heterocycles. The summed E-state index contributed by atoms with van der Waals surface area (Å²) in [6.07, 6.45) is 1.51. The van der Waals surface area contributed by atoms with Crippen LogP contribution in [0.3, 0.4) is 0 Å². The molecule has 1 aliphatic rings. The molecule has 110 valence electrons. The third-order valence-electron chi connectivity index (χ3n) is 2.83. The third kappa shape index (κ3) is 3.23. The Balaban J connectivity index is 2.39. The molecule has 0 unspecified atom stereocenters. The lowest BCUT2D eigenvalue weighted by molar-refractivity contribution is -0.309. The average molecular weight is 361 g/mol. The molecule has 0 saturated carbocycles. The lowest BCUT2D eigenvalue weighted by atomic mass is 10.2. The summed E-state index contributed by atoms with van der Waals surface area (Å²) in [5.41, 5.74) is 0.488. The largest absolute Gasteiger partial charge is 0.548 e. The summed E-state index contributed by atoms with van der Waals surface area (Å²) in [5, 5.41) is 11.7. The zero-order valence-electron chi connectivity index (χ0n) is 10.6. The number of carboxylic acid groups (broad SMARTS) is 1. The van der Waals surface area contributed by atoms with Gasteiger partial charge in [0, 0.05) is 15.6 Å². The molecule has 1 aromatic carbocycles. The predicted octanol–water partition coefficient (Wildman–Crippen LogP) is 2.33. The Hall–Kier alpha value is -1.08. The Bertz CT molecular complexity index is 655. The molecule has 1 atom stereocenters. The van der Waals surface area contributed by atoms with Gasteiger partial charge in [-0.15, -0.1) is 0 Å². The number of nitrogens with zero attached hydrogens (tertiary/aromatic N) is 1. The molecule has 0 aromatic heterocycles. The highest BCUT2D eigenvalue weighted by atomic mass is 35.5. The first-order chi connectivity index (χ1) is 9.82. The number of amides is 1. The molecule has 8 heteroatoms. The smallest absolute Gasteiger partial charge is 0.266 e. The molecule has 1 saturated heterocycles. The van der Waals surface area contributed by atoms with Crippen LogP contribution in [0.25, 0.3) is 6.08 Å². The minimum absolute atomic E-state index is 0.158. The minimum atomic E-state index is -1.37. The third-order valence-corrected chi connectivity index (χ3v) is 4.82. The number of carboxylic acids is 1. The Kier molecular flexibility index (Phi) is 4.93. The molecule has 1 fully saturated rings. The second-order valence-electron chi connectivity index (χ2n) is 4.18. The van der Waals surface area contributed by atoms with Crippen LogP contribution in [0.5, 0.6) is 0 Å². The number of halogens is 2. The van der Waals surface area contributed by atoms with E-state index in [1.165, 1.54) is 13.0 Å². The highest BCUT2D eigenvalue weighted by Crippen LogP contribution is 2.36. The first kappa shape index (κ1) is 16.3. The number of rotatable bonds is 3. The molecule has 0 bridgehead atoms. The molecule has 0 N–H and O–H groups in total. The quantitative estimate of drug-likeness (QED) is 0.611. The van der Waals surface area contributed by atoms with Gasteiger partial charge in [0.1, 0.15) is 4.32 Å². The highest BCUT2D eigenvalue weighted by Gasteiger charge is 2.36. The first-order valence-corrected chi connectivity index (χ1v) is 7.73. The predicted molar refractivity (Wildman–Crippen MR) is 85.9 cm³/mol. The number of hydrogen-bond donors (Lipinski definition) is 0. The van der Waals surface area contributed by atoms with Gasteiger partial charge >= 0.3 is 0 Å². The molecule has 21 heavy (non-hydrogen) atoms. The van der Waals surface area contributed by atoms with Crippen LogP contribution in [0.2, 0.25) is 10.0 Å². The Morgan fingerprint density at radius 3 is 2.52 bits per heavy atom. The Morgan fingerprint density at radius 1 is 1.43 bits per heavy atom. The maximum atomic E-state index is 12.3. The van der Waals surface area contributed by atoms with E-state index < -0.39 is 17.9 Å². The van der Waals surface area contributed by atoms with Crippen molar-refractivity contribution in [3.63, 3.8) is 0 Å². The van der Waals surface area contributed by atoms with E-state index in [9.17, 15) is 14.7 Å². The molecule has 0 radical (unpaired) electrons. The van der Waals surface area contributed by atoms with Crippen LogP contribution in [-0.4, -0.2) is 27.1 Å². The summed E-state index contributed by atoms with van der Waals surface area (Å²) in [7, 11) is 0. The second-order valence-corrected chi connectivity index (χ2v) is 6.67. The number of carbonyl (C=O) groups is 2. The summed E-state index contributed by atoms with van der Waals surface area (Å²) in [6, 6.07) is 3.84. The number of hydrogen-bond acceptors (Lipinski definition) is 5. The lowest BCUT2D eigenvalue weighted by Crippen LogP contribution is -2.48. The van der Waals surface area contributed by atoms with Crippen LogP contribution in [0, 0.1) is 0 Å². The summed E-state index contributed by atoms with van der Waals surface area (Å²) in [5.74, 6) is -1.87. The number of aliphatic carboxylic acids is 1. The van der Waals surface area contributed by atoms with Gasteiger partial charge in [-0.3, -0.25) is 9.69 Å². The van der Waals surface area contributed by atoms with Crippen molar-refractivity contribution >= 4 is 69.5 Å². The number of benzene rings is 1. The zero-order chi connectivity index (χ0) is 15.7.